The van der Waals surface area contributed by atoms with Gasteiger partial charge in [0.15, 0.2) is 0 Å². The molecule has 0 amide bonds. The van der Waals surface area contributed by atoms with Gasteiger partial charge in [0.2, 0.25) is 0 Å². The van der Waals surface area contributed by atoms with Crippen molar-refractivity contribution in [2.75, 3.05) is 6.61 Å². The predicted octanol–water partition coefficient (Wildman–Crippen LogP) is 4.92. The van der Waals surface area contributed by atoms with Crippen LogP contribution in [0.4, 0.5) is 0 Å². The highest BCUT2D eigenvalue weighted by Crippen LogP contribution is 2.69. The van der Waals surface area contributed by atoms with Crippen LogP contribution in [0.2, 0.25) is 0 Å². The maximum Gasteiger partial charge on any atom is 0.305 e. The van der Waals surface area contributed by atoms with Crippen molar-refractivity contribution >= 4 is 11.8 Å². The van der Waals surface area contributed by atoms with Crippen LogP contribution < -0.4 is 0 Å². The third-order valence-corrected chi connectivity index (χ3v) is 10.4. The van der Waals surface area contributed by atoms with E-state index in [2.05, 4.69) is 20.8 Å². The summed E-state index contributed by atoms with van der Waals surface area (Å²) < 4.78 is 5.33. The zero-order valence-corrected chi connectivity index (χ0v) is 18.8. The number of hydrogen-bond donors (Lipinski definition) is 1. The Morgan fingerprint density at radius 3 is 2.55 bits per heavy atom. The molecule has 4 rings (SSSR count). The second-order valence-corrected chi connectivity index (χ2v) is 11.2. The Labute approximate surface area is 176 Å². The van der Waals surface area contributed by atoms with Gasteiger partial charge in [-0.15, -0.1) is 0 Å². The van der Waals surface area contributed by atoms with E-state index in [4.69, 9.17) is 4.74 Å². The zero-order chi connectivity index (χ0) is 21.0. The molecule has 4 aliphatic carbocycles. The first-order valence-corrected chi connectivity index (χ1v) is 12.1. The van der Waals surface area contributed by atoms with Crippen LogP contribution in [0, 0.1) is 40.4 Å². The van der Waals surface area contributed by atoms with Gasteiger partial charge in [0.05, 0.1) is 12.2 Å². The lowest BCUT2D eigenvalue weighted by Crippen LogP contribution is -2.58. The molecular formula is C25H40O4. The number of esters is 1. The molecule has 164 valence electrons. The van der Waals surface area contributed by atoms with Crippen molar-refractivity contribution in [3.8, 4) is 0 Å². The van der Waals surface area contributed by atoms with Gasteiger partial charge in [0.25, 0.3) is 0 Å². The maximum absolute atomic E-state index is 12.3. The summed E-state index contributed by atoms with van der Waals surface area (Å²) in [6, 6.07) is 0. The van der Waals surface area contributed by atoms with Gasteiger partial charge < -0.3 is 9.84 Å². The smallest absolute Gasteiger partial charge is 0.305 e. The van der Waals surface area contributed by atoms with Gasteiger partial charge in [-0.1, -0.05) is 27.7 Å². The number of ketones is 1. The van der Waals surface area contributed by atoms with Gasteiger partial charge in [0.1, 0.15) is 5.78 Å². The minimum atomic E-state index is -0.720. The SMILES string of the molecule is CCC(=O)OCCC1(O)CC[C@H]2[C@@H]3CCC4CC(=O)CC(C)[C@]4(C)[C@@H]3CC[C@@]21C. The van der Waals surface area contributed by atoms with E-state index in [0.717, 1.165) is 32.1 Å². The fourth-order valence-electron chi connectivity index (χ4n) is 8.44. The number of hydrogen-bond acceptors (Lipinski definition) is 4. The molecule has 0 heterocycles. The van der Waals surface area contributed by atoms with Crippen LogP contribution in [0.25, 0.3) is 0 Å². The number of fused-ring (bicyclic) bond motifs is 5. The summed E-state index contributed by atoms with van der Waals surface area (Å²) in [6.45, 7) is 9.25. The predicted molar refractivity (Wildman–Crippen MR) is 112 cm³/mol. The highest BCUT2D eigenvalue weighted by molar-refractivity contribution is 5.80. The molecule has 4 fully saturated rings. The first kappa shape index (κ1) is 21.3. The summed E-state index contributed by atoms with van der Waals surface area (Å²) in [7, 11) is 0. The van der Waals surface area contributed by atoms with Gasteiger partial charge in [-0.25, -0.2) is 0 Å². The van der Waals surface area contributed by atoms with Crippen molar-refractivity contribution < 1.29 is 19.4 Å². The fourth-order valence-corrected chi connectivity index (χ4v) is 8.44. The second kappa shape index (κ2) is 7.35. The first-order chi connectivity index (χ1) is 13.7. The van der Waals surface area contributed by atoms with Gasteiger partial charge in [-0.3, -0.25) is 9.59 Å². The monoisotopic (exact) mass is 404 g/mol. The van der Waals surface area contributed by atoms with Gasteiger partial charge in [-0.05, 0) is 78.9 Å². The molecule has 0 aromatic heterocycles. The van der Waals surface area contributed by atoms with Crippen molar-refractivity contribution in [1.29, 1.82) is 0 Å². The maximum atomic E-state index is 12.3. The molecule has 0 aliphatic heterocycles. The second-order valence-electron chi connectivity index (χ2n) is 11.2. The van der Waals surface area contributed by atoms with Crippen LogP contribution in [0.3, 0.4) is 0 Å². The van der Waals surface area contributed by atoms with Gasteiger partial charge >= 0.3 is 5.97 Å². The van der Waals surface area contributed by atoms with E-state index in [1.165, 1.54) is 19.3 Å². The average Bonchev–Trinajstić information content (AvgIpc) is 2.94. The molecule has 8 atom stereocenters. The highest BCUT2D eigenvalue weighted by Gasteiger charge is 2.65. The molecule has 0 spiro atoms. The van der Waals surface area contributed by atoms with Crippen molar-refractivity contribution in [3.63, 3.8) is 0 Å². The molecule has 4 aliphatic rings. The van der Waals surface area contributed by atoms with Crippen LogP contribution in [-0.4, -0.2) is 29.1 Å². The number of carbonyl (C=O) groups is 2. The molecular weight excluding hydrogens is 364 g/mol. The van der Waals surface area contributed by atoms with E-state index >= 15 is 0 Å². The van der Waals surface area contributed by atoms with E-state index in [9.17, 15) is 14.7 Å². The lowest BCUT2D eigenvalue weighted by Gasteiger charge is -2.62. The van der Waals surface area contributed by atoms with Crippen molar-refractivity contribution in [3.05, 3.63) is 0 Å². The van der Waals surface area contributed by atoms with E-state index in [1.54, 1.807) is 0 Å². The number of rotatable bonds is 4. The molecule has 1 N–H and O–H groups in total. The molecule has 0 radical (unpaired) electrons. The van der Waals surface area contributed by atoms with Crippen LogP contribution >= 0.6 is 0 Å². The minimum absolute atomic E-state index is 0.0797. The van der Waals surface area contributed by atoms with Gasteiger partial charge in [0, 0.05) is 25.7 Å². The first-order valence-electron chi connectivity index (χ1n) is 12.1. The van der Waals surface area contributed by atoms with Crippen LogP contribution in [0.1, 0.15) is 91.9 Å². The Hall–Kier alpha value is -0.900. The summed E-state index contributed by atoms with van der Waals surface area (Å²) in [5.74, 6) is 3.22. The summed E-state index contributed by atoms with van der Waals surface area (Å²) in [4.78, 5) is 23.8. The normalized spacial score (nSPS) is 49.1. The zero-order valence-electron chi connectivity index (χ0n) is 18.8. The van der Waals surface area contributed by atoms with E-state index < -0.39 is 5.60 Å². The van der Waals surface area contributed by atoms with E-state index in [1.807, 2.05) is 6.92 Å². The lowest BCUT2D eigenvalue weighted by molar-refractivity contribution is -0.172. The average molecular weight is 405 g/mol. The van der Waals surface area contributed by atoms with Gasteiger partial charge in [-0.2, -0.15) is 0 Å². The van der Waals surface area contributed by atoms with E-state index in [0.29, 0.717) is 54.8 Å². The quantitative estimate of drug-likeness (QED) is 0.676. The number of Topliss-reactive ketones (excluding diaryl/α,β-unsaturated/α-hetero) is 1. The Kier molecular flexibility index (Phi) is 5.41. The molecule has 0 saturated heterocycles. The van der Waals surface area contributed by atoms with Crippen molar-refractivity contribution in [2.24, 2.45) is 40.4 Å². The lowest BCUT2D eigenvalue weighted by atomic mass is 9.42. The van der Waals surface area contributed by atoms with Crippen LogP contribution in [0.5, 0.6) is 0 Å². The molecule has 0 bridgehead atoms. The van der Waals surface area contributed by atoms with E-state index in [-0.39, 0.29) is 16.8 Å². The molecule has 3 unspecified atom stereocenters. The third kappa shape index (κ3) is 3.11. The largest absolute Gasteiger partial charge is 0.466 e. The molecule has 4 heteroatoms. The summed E-state index contributed by atoms with van der Waals surface area (Å²) in [6.07, 6.45) is 9.03. The summed E-state index contributed by atoms with van der Waals surface area (Å²) in [5.41, 5.74) is -0.526. The Morgan fingerprint density at radius 2 is 1.83 bits per heavy atom. The summed E-state index contributed by atoms with van der Waals surface area (Å²) in [5, 5.41) is 11.7. The number of aliphatic hydroxyl groups is 1. The minimum Gasteiger partial charge on any atom is -0.466 e. The highest BCUT2D eigenvalue weighted by atomic mass is 16.5. The number of ether oxygens (including phenoxy) is 1. The molecule has 29 heavy (non-hydrogen) atoms. The molecule has 0 aromatic rings. The molecule has 4 nitrogen and oxygen atoms in total. The van der Waals surface area contributed by atoms with Crippen LogP contribution in [0.15, 0.2) is 0 Å². The Bertz CT molecular complexity index is 674. The van der Waals surface area contributed by atoms with Crippen molar-refractivity contribution in [2.45, 2.75) is 97.5 Å². The Balaban J connectivity index is 1.53. The molecule has 0 aromatic carbocycles. The third-order valence-electron chi connectivity index (χ3n) is 10.4. The fraction of sp³-hybridized carbons (Fsp3) is 0.920. The Morgan fingerprint density at radius 1 is 1.10 bits per heavy atom. The molecule has 4 saturated carbocycles. The standard InChI is InChI=1S/C25H40O4/c1-5-22(27)29-13-12-25(28)11-9-20-19-7-6-17-15-18(26)14-16(2)24(17,4)21(19)8-10-23(20,25)3/h16-17,19-21,28H,5-15H2,1-4H3/t16?,17?,19-,20-,21+,23-,24-,25?/m0/s1. The number of carbonyl (C=O) groups excluding carboxylic acids is 2. The van der Waals surface area contributed by atoms with Crippen LogP contribution in [-0.2, 0) is 14.3 Å². The summed E-state index contributed by atoms with van der Waals surface area (Å²) >= 11 is 0. The topological polar surface area (TPSA) is 63.6 Å². The van der Waals surface area contributed by atoms with Crippen molar-refractivity contribution in [1.82, 2.24) is 0 Å².